The van der Waals surface area contributed by atoms with E-state index in [9.17, 15) is 19.2 Å². The Morgan fingerprint density at radius 1 is 0.970 bits per heavy atom. The zero-order chi connectivity index (χ0) is 23.5. The van der Waals surface area contributed by atoms with Crippen LogP contribution in [-0.2, 0) is 20.9 Å². The molecule has 3 unspecified atom stereocenters. The SMILES string of the molecule is CC(C)CC(C(=O)Nc1ccc(Cn2ccccc2=O)cc1)N1C(=O)C2CC=CCC2C1=O. The van der Waals surface area contributed by atoms with E-state index in [4.69, 9.17) is 0 Å². The third-order valence-corrected chi connectivity index (χ3v) is 6.32. The molecule has 0 radical (unpaired) electrons. The fourth-order valence-corrected chi connectivity index (χ4v) is 4.62. The molecule has 1 aromatic carbocycles. The third-order valence-electron chi connectivity index (χ3n) is 6.32. The van der Waals surface area contributed by atoms with Crippen molar-refractivity contribution in [3.05, 3.63) is 76.7 Å². The molecule has 2 aromatic rings. The minimum absolute atomic E-state index is 0.0814. The zero-order valence-electron chi connectivity index (χ0n) is 18.9. The van der Waals surface area contributed by atoms with Crippen LogP contribution in [0.2, 0.25) is 0 Å². The van der Waals surface area contributed by atoms with E-state index in [2.05, 4.69) is 5.32 Å². The molecule has 1 aliphatic heterocycles. The quantitative estimate of drug-likeness (QED) is 0.522. The Labute approximate surface area is 193 Å². The molecule has 3 amide bonds. The molecule has 1 aliphatic carbocycles. The Bertz CT molecular complexity index is 1110. The number of rotatable bonds is 7. The molecule has 0 bridgehead atoms. The summed E-state index contributed by atoms with van der Waals surface area (Å²) in [6.45, 7) is 4.37. The molecular weight excluding hydrogens is 418 g/mol. The number of hydrogen-bond donors (Lipinski definition) is 1. The molecule has 0 saturated carbocycles. The van der Waals surface area contributed by atoms with Gasteiger partial charge in [0.1, 0.15) is 6.04 Å². The fraction of sp³-hybridized carbons (Fsp3) is 0.385. The van der Waals surface area contributed by atoms with Crippen LogP contribution in [0.25, 0.3) is 0 Å². The predicted octanol–water partition coefficient (Wildman–Crippen LogP) is 3.20. The van der Waals surface area contributed by atoms with Gasteiger partial charge in [-0.1, -0.05) is 44.2 Å². The highest BCUT2D eigenvalue weighted by Crippen LogP contribution is 2.37. The number of fused-ring (bicyclic) bond motifs is 1. The van der Waals surface area contributed by atoms with Crippen LogP contribution in [0.5, 0.6) is 0 Å². The first-order chi connectivity index (χ1) is 15.8. The van der Waals surface area contributed by atoms with E-state index in [1.807, 2.05) is 38.1 Å². The largest absolute Gasteiger partial charge is 0.324 e. The van der Waals surface area contributed by atoms with Crippen molar-refractivity contribution in [2.24, 2.45) is 17.8 Å². The number of amides is 3. The van der Waals surface area contributed by atoms with Crippen LogP contribution in [-0.4, -0.2) is 33.2 Å². The van der Waals surface area contributed by atoms with Gasteiger partial charge in [0.05, 0.1) is 18.4 Å². The van der Waals surface area contributed by atoms with E-state index in [0.29, 0.717) is 31.5 Å². The number of carbonyl (C=O) groups is 3. The molecule has 2 heterocycles. The van der Waals surface area contributed by atoms with Crippen LogP contribution < -0.4 is 10.9 Å². The van der Waals surface area contributed by atoms with E-state index in [0.717, 1.165) is 5.56 Å². The second-order valence-corrected chi connectivity index (χ2v) is 9.20. The summed E-state index contributed by atoms with van der Waals surface area (Å²) in [5.41, 5.74) is 1.42. The van der Waals surface area contributed by atoms with Gasteiger partial charge < -0.3 is 9.88 Å². The summed E-state index contributed by atoms with van der Waals surface area (Å²) in [6.07, 6.45) is 7.12. The Balaban J connectivity index is 1.49. The van der Waals surface area contributed by atoms with E-state index in [1.165, 1.54) is 11.0 Å². The molecule has 1 fully saturated rings. The van der Waals surface area contributed by atoms with Crippen LogP contribution in [0.4, 0.5) is 5.69 Å². The van der Waals surface area contributed by atoms with Gasteiger partial charge in [-0.3, -0.25) is 24.1 Å². The monoisotopic (exact) mass is 447 g/mol. The molecule has 7 nitrogen and oxygen atoms in total. The predicted molar refractivity (Wildman–Crippen MR) is 125 cm³/mol. The Kier molecular flexibility index (Phi) is 6.58. The molecule has 1 saturated heterocycles. The standard InChI is InChI=1S/C26H29N3O4/c1-17(2)15-22(29-25(32)20-7-3-4-8-21(20)26(29)33)24(31)27-19-12-10-18(11-13-19)16-28-14-6-5-9-23(28)30/h3-6,9-14,17,20-22H,7-8,15-16H2,1-2H3,(H,27,31). The van der Waals surface area contributed by atoms with Crippen molar-refractivity contribution in [1.82, 2.24) is 9.47 Å². The van der Waals surface area contributed by atoms with Gasteiger partial charge in [-0.05, 0) is 48.9 Å². The zero-order valence-corrected chi connectivity index (χ0v) is 18.9. The van der Waals surface area contributed by atoms with Gasteiger partial charge >= 0.3 is 0 Å². The lowest BCUT2D eigenvalue weighted by Gasteiger charge is -2.27. The van der Waals surface area contributed by atoms with Gasteiger partial charge in [-0.25, -0.2) is 0 Å². The number of nitrogens with one attached hydrogen (secondary N) is 1. The van der Waals surface area contributed by atoms with Gasteiger partial charge in [0.15, 0.2) is 0 Å². The number of nitrogens with zero attached hydrogens (tertiary/aromatic N) is 2. The van der Waals surface area contributed by atoms with Gasteiger partial charge in [0, 0.05) is 18.0 Å². The summed E-state index contributed by atoms with van der Waals surface area (Å²) in [5, 5.41) is 2.88. The fourth-order valence-electron chi connectivity index (χ4n) is 4.62. The maximum absolute atomic E-state index is 13.2. The average molecular weight is 448 g/mol. The summed E-state index contributed by atoms with van der Waals surface area (Å²) >= 11 is 0. The van der Waals surface area contributed by atoms with E-state index in [-0.39, 0.29) is 41.0 Å². The molecule has 172 valence electrons. The smallest absolute Gasteiger partial charge is 0.250 e. The summed E-state index contributed by atoms with van der Waals surface area (Å²) in [4.78, 5) is 52.4. The molecule has 1 N–H and O–H groups in total. The number of anilines is 1. The number of allylic oxidation sites excluding steroid dienone is 2. The first-order valence-electron chi connectivity index (χ1n) is 11.4. The Morgan fingerprint density at radius 2 is 1.61 bits per heavy atom. The lowest BCUT2D eigenvalue weighted by Crippen LogP contribution is -2.48. The normalized spacial score (nSPS) is 20.8. The number of likely N-dealkylation sites (tertiary alicyclic amines) is 1. The van der Waals surface area contributed by atoms with E-state index >= 15 is 0 Å². The van der Waals surface area contributed by atoms with Crippen molar-refractivity contribution in [3.63, 3.8) is 0 Å². The molecule has 33 heavy (non-hydrogen) atoms. The number of aromatic nitrogens is 1. The second kappa shape index (κ2) is 9.57. The van der Waals surface area contributed by atoms with Gasteiger partial charge in [-0.2, -0.15) is 0 Å². The van der Waals surface area contributed by atoms with Crippen molar-refractivity contribution < 1.29 is 14.4 Å². The molecule has 3 atom stereocenters. The summed E-state index contributed by atoms with van der Waals surface area (Å²) in [6, 6.07) is 11.4. The Hall–Kier alpha value is -3.48. The number of benzene rings is 1. The first-order valence-corrected chi connectivity index (χ1v) is 11.4. The topological polar surface area (TPSA) is 88.5 Å². The highest BCUT2D eigenvalue weighted by molar-refractivity contribution is 6.10. The van der Waals surface area contributed by atoms with E-state index in [1.54, 1.807) is 35.0 Å². The van der Waals surface area contributed by atoms with Gasteiger partial charge in [-0.15, -0.1) is 0 Å². The van der Waals surface area contributed by atoms with Crippen molar-refractivity contribution in [1.29, 1.82) is 0 Å². The van der Waals surface area contributed by atoms with Gasteiger partial charge in [0.25, 0.3) is 5.56 Å². The lowest BCUT2D eigenvalue weighted by atomic mass is 9.85. The highest BCUT2D eigenvalue weighted by atomic mass is 16.2. The number of imide groups is 1. The van der Waals surface area contributed by atoms with E-state index < -0.39 is 6.04 Å². The molecular formula is C26H29N3O4. The second-order valence-electron chi connectivity index (χ2n) is 9.20. The van der Waals surface area contributed by atoms with Crippen LogP contribution >= 0.6 is 0 Å². The number of carbonyl (C=O) groups excluding carboxylic acids is 3. The Morgan fingerprint density at radius 3 is 2.18 bits per heavy atom. The number of pyridine rings is 1. The maximum Gasteiger partial charge on any atom is 0.250 e. The average Bonchev–Trinajstić information content (AvgIpc) is 3.05. The minimum Gasteiger partial charge on any atom is -0.324 e. The maximum atomic E-state index is 13.2. The van der Waals surface area contributed by atoms with Crippen LogP contribution in [0.3, 0.4) is 0 Å². The number of hydrogen-bond acceptors (Lipinski definition) is 4. The van der Waals surface area contributed by atoms with Gasteiger partial charge in [0.2, 0.25) is 17.7 Å². The third kappa shape index (κ3) is 4.82. The van der Waals surface area contributed by atoms with Crippen molar-refractivity contribution in [2.45, 2.75) is 45.7 Å². The molecule has 1 aromatic heterocycles. The van der Waals surface area contributed by atoms with Crippen molar-refractivity contribution in [2.75, 3.05) is 5.32 Å². The highest BCUT2D eigenvalue weighted by Gasteiger charge is 2.51. The molecule has 2 aliphatic rings. The van der Waals surface area contributed by atoms with Crippen LogP contribution in [0, 0.1) is 17.8 Å². The molecule has 7 heteroatoms. The van der Waals surface area contributed by atoms with Crippen LogP contribution in [0.15, 0.2) is 65.6 Å². The van der Waals surface area contributed by atoms with Crippen molar-refractivity contribution in [3.8, 4) is 0 Å². The molecule has 4 rings (SSSR count). The lowest BCUT2D eigenvalue weighted by molar-refractivity contribution is -0.147. The van der Waals surface area contributed by atoms with Crippen LogP contribution in [0.1, 0.15) is 38.7 Å². The molecule has 0 spiro atoms. The minimum atomic E-state index is -0.835. The summed E-state index contributed by atoms with van der Waals surface area (Å²) in [5.74, 6) is -1.41. The summed E-state index contributed by atoms with van der Waals surface area (Å²) in [7, 11) is 0. The first kappa shape index (κ1) is 22.7. The summed E-state index contributed by atoms with van der Waals surface area (Å²) < 4.78 is 1.60. The van der Waals surface area contributed by atoms with Crippen molar-refractivity contribution >= 4 is 23.4 Å².